The van der Waals surface area contributed by atoms with Gasteiger partial charge in [-0.25, -0.2) is 9.86 Å². The highest BCUT2D eigenvalue weighted by atomic mass is 35.5. The SMILES string of the molecule is CCN(OCc1ccccc1)C(=O)C1=C(C)NC(C)=C(C(=O)OCCC(c2ccccc2)c2ccccc2)C1c1cccc(Cl)c1. The molecule has 0 radical (unpaired) electrons. The molecule has 4 aromatic carbocycles. The Kier molecular flexibility index (Phi) is 11.1. The Bertz CT molecular complexity index is 1660. The molecule has 0 bridgehead atoms. The van der Waals surface area contributed by atoms with Crippen LogP contribution in [-0.4, -0.2) is 30.1 Å². The van der Waals surface area contributed by atoms with Crippen LogP contribution in [0.2, 0.25) is 5.02 Å². The molecule has 1 heterocycles. The molecule has 1 amide bonds. The number of nitrogens with one attached hydrogen (secondary N) is 1. The number of dihydropyridines is 1. The molecule has 1 unspecified atom stereocenters. The van der Waals surface area contributed by atoms with Crippen molar-refractivity contribution in [3.63, 3.8) is 0 Å². The molecule has 1 aliphatic rings. The van der Waals surface area contributed by atoms with Crippen LogP contribution < -0.4 is 5.32 Å². The van der Waals surface area contributed by atoms with Crippen molar-refractivity contribution in [2.45, 2.75) is 45.6 Å². The number of carbonyl (C=O) groups is 2. The number of esters is 1. The first-order valence-corrected chi connectivity index (χ1v) is 15.9. The molecule has 0 spiro atoms. The molecule has 0 aliphatic carbocycles. The minimum atomic E-state index is -0.714. The third kappa shape index (κ3) is 7.76. The number of hydrogen-bond donors (Lipinski definition) is 1. The molecule has 0 saturated carbocycles. The molecule has 46 heavy (non-hydrogen) atoms. The van der Waals surface area contributed by atoms with Gasteiger partial charge in [-0.05, 0) is 61.6 Å². The highest BCUT2D eigenvalue weighted by Crippen LogP contribution is 2.40. The molecule has 0 aromatic heterocycles. The zero-order valence-corrected chi connectivity index (χ0v) is 27.2. The topological polar surface area (TPSA) is 67.9 Å². The zero-order chi connectivity index (χ0) is 32.5. The third-order valence-corrected chi connectivity index (χ3v) is 8.41. The number of rotatable bonds is 12. The van der Waals surface area contributed by atoms with Crippen molar-refractivity contribution in [2.75, 3.05) is 13.2 Å². The van der Waals surface area contributed by atoms with Crippen LogP contribution in [0.4, 0.5) is 0 Å². The molecule has 0 saturated heterocycles. The van der Waals surface area contributed by atoms with E-state index in [0.29, 0.717) is 46.1 Å². The number of amides is 1. The van der Waals surface area contributed by atoms with Crippen LogP contribution in [-0.2, 0) is 25.8 Å². The van der Waals surface area contributed by atoms with Crippen molar-refractivity contribution in [1.29, 1.82) is 0 Å². The summed E-state index contributed by atoms with van der Waals surface area (Å²) in [4.78, 5) is 34.3. The summed E-state index contributed by atoms with van der Waals surface area (Å²) >= 11 is 6.45. The van der Waals surface area contributed by atoms with Gasteiger partial charge in [0, 0.05) is 28.9 Å². The van der Waals surface area contributed by atoms with E-state index in [1.54, 1.807) is 12.1 Å². The molecular formula is C39H39ClN2O4. The average molecular weight is 635 g/mol. The summed E-state index contributed by atoms with van der Waals surface area (Å²) in [5.41, 5.74) is 5.99. The summed E-state index contributed by atoms with van der Waals surface area (Å²) in [5, 5.41) is 5.13. The summed E-state index contributed by atoms with van der Waals surface area (Å²) in [6.45, 7) is 6.27. The number of halogens is 1. The Morgan fingerprint density at radius 2 is 1.39 bits per heavy atom. The van der Waals surface area contributed by atoms with Crippen molar-refractivity contribution in [2.24, 2.45) is 0 Å². The summed E-state index contributed by atoms with van der Waals surface area (Å²) in [6, 6.07) is 37.4. The number of hydrogen-bond acceptors (Lipinski definition) is 5. The standard InChI is InChI=1S/C39H39ClN2O4/c1-4-42(46-26-29-15-8-5-9-16-29)38(43)35-27(2)41-28(3)36(37(35)32-21-14-22-33(40)25-32)39(44)45-24-23-34(30-17-10-6-11-18-30)31-19-12-7-13-20-31/h5-22,25,34,37,41H,4,23-24,26H2,1-3H3. The van der Waals surface area contributed by atoms with E-state index >= 15 is 0 Å². The van der Waals surface area contributed by atoms with Crippen LogP contribution in [0.1, 0.15) is 61.3 Å². The minimum absolute atomic E-state index is 0.0534. The van der Waals surface area contributed by atoms with Gasteiger partial charge in [-0.3, -0.25) is 9.63 Å². The van der Waals surface area contributed by atoms with E-state index < -0.39 is 11.9 Å². The van der Waals surface area contributed by atoms with E-state index in [1.165, 1.54) is 5.06 Å². The van der Waals surface area contributed by atoms with Crippen molar-refractivity contribution < 1.29 is 19.2 Å². The fourth-order valence-electron chi connectivity index (χ4n) is 5.97. The maximum absolute atomic E-state index is 14.2. The number of nitrogens with zero attached hydrogens (tertiary/aromatic N) is 1. The van der Waals surface area contributed by atoms with E-state index in [9.17, 15) is 9.59 Å². The Morgan fingerprint density at radius 3 is 1.98 bits per heavy atom. The van der Waals surface area contributed by atoms with E-state index in [2.05, 4.69) is 29.6 Å². The lowest BCUT2D eigenvalue weighted by Gasteiger charge is -2.33. The molecule has 1 atom stereocenters. The fraction of sp³-hybridized carbons (Fsp3) is 0.231. The van der Waals surface area contributed by atoms with Gasteiger partial charge in [-0.15, -0.1) is 0 Å². The van der Waals surface area contributed by atoms with Crippen molar-refractivity contribution in [3.05, 3.63) is 165 Å². The van der Waals surface area contributed by atoms with Gasteiger partial charge in [0.15, 0.2) is 0 Å². The van der Waals surface area contributed by atoms with Crippen LogP contribution >= 0.6 is 11.6 Å². The molecule has 4 aromatic rings. The van der Waals surface area contributed by atoms with Crippen LogP contribution in [0.3, 0.4) is 0 Å². The van der Waals surface area contributed by atoms with E-state index in [4.69, 9.17) is 21.2 Å². The minimum Gasteiger partial charge on any atom is -0.462 e. The van der Waals surface area contributed by atoms with Gasteiger partial charge in [0.2, 0.25) is 0 Å². The number of ether oxygens (including phenoxy) is 1. The Labute approximate surface area is 276 Å². The summed E-state index contributed by atoms with van der Waals surface area (Å²) < 4.78 is 6.01. The van der Waals surface area contributed by atoms with Crippen molar-refractivity contribution in [1.82, 2.24) is 10.4 Å². The van der Waals surface area contributed by atoms with Gasteiger partial charge < -0.3 is 10.1 Å². The molecule has 5 rings (SSSR count). The second-order valence-corrected chi connectivity index (χ2v) is 11.7. The van der Waals surface area contributed by atoms with E-state index in [0.717, 1.165) is 16.7 Å². The number of carbonyl (C=O) groups excluding carboxylic acids is 2. The molecule has 1 aliphatic heterocycles. The second-order valence-electron chi connectivity index (χ2n) is 11.2. The first-order valence-electron chi connectivity index (χ1n) is 15.6. The Hall–Kier alpha value is -4.65. The first kappa shape index (κ1) is 32.7. The predicted octanol–water partition coefficient (Wildman–Crippen LogP) is 8.32. The van der Waals surface area contributed by atoms with Crippen LogP contribution in [0.15, 0.2) is 138 Å². The van der Waals surface area contributed by atoms with Gasteiger partial charge in [0.25, 0.3) is 5.91 Å². The smallest absolute Gasteiger partial charge is 0.336 e. The second kappa shape index (κ2) is 15.6. The van der Waals surface area contributed by atoms with Crippen molar-refractivity contribution >= 4 is 23.5 Å². The molecule has 7 heteroatoms. The first-order chi connectivity index (χ1) is 22.4. The monoisotopic (exact) mass is 634 g/mol. The normalized spacial score (nSPS) is 14.7. The quantitative estimate of drug-likeness (QED) is 0.125. The lowest BCUT2D eigenvalue weighted by atomic mass is 9.80. The van der Waals surface area contributed by atoms with E-state index in [-0.39, 0.29) is 25.0 Å². The zero-order valence-electron chi connectivity index (χ0n) is 26.4. The number of allylic oxidation sites excluding steroid dienone is 2. The van der Waals surface area contributed by atoms with Gasteiger partial charge in [-0.2, -0.15) is 0 Å². The van der Waals surface area contributed by atoms with E-state index in [1.807, 2.05) is 99.6 Å². The van der Waals surface area contributed by atoms with Crippen LogP contribution in [0.25, 0.3) is 0 Å². The van der Waals surface area contributed by atoms with Crippen molar-refractivity contribution in [3.8, 4) is 0 Å². The highest BCUT2D eigenvalue weighted by Gasteiger charge is 2.39. The van der Waals surface area contributed by atoms with Crippen LogP contribution in [0, 0.1) is 0 Å². The largest absolute Gasteiger partial charge is 0.462 e. The molecule has 236 valence electrons. The summed E-state index contributed by atoms with van der Waals surface area (Å²) in [7, 11) is 0. The van der Waals surface area contributed by atoms with Gasteiger partial charge in [0.1, 0.15) is 6.61 Å². The summed E-state index contributed by atoms with van der Waals surface area (Å²) in [5.74, 6) is -1.48. The molecule has 0 fully saturated rings. The third-order valence-electron chi connectivity index (χ3n) is 8.18. The number of likely N-dealkylation sites (N-methyl/N-ethyl adjacent to an activating group) is 1. The number of benzene rings is 4. The fourth-order valence-corrected chi connectivity index (χ4v) is 6.16. The molecule has 1 N–H and O–H groups in total. The Morgan fingerprint density at radius 1 is 0.804 bits per heavy atom. The highest BCUT2D eigenvalue weighted by molar-refractivity contribution is 6.30. The Balaban J connectivity index is 1.41. The maximum Gasteiger partial charge on any atom is 0.336 e. The molecule has 6 nitrogen and oxygen atoms in total. The molecular weight excluding hydrogens is 596 g/mol. The lowest BCUT2D eigenvalue weighted by molar-refractivity contribution is -0.186. The van der Waals surface area contributed by atoms with Crippen LogP contribution in [0.5, 0.6) is 0 Å². The number of hydroxylamine groups is 2. The van der Waals surface area contributed by atoms with Gasteiger partial charge in [0.05, 0.1) is 23.7 Å². The van der Waals surface area contributed by atoms with Gasteiger partial charge in [-0.1, -0.05) is 115 Å². The lowest BCUT2D eigenvalue weighted by Crippen LogP contribution is -2.39. The predicted molar refractivity (Wildman–Crippen MR) is 182 cm³/mol. The summed E-state index contributed by atoms with van der Waals surface area (Å²) in [6.07, 6.45) is 0.596. The van der Waals surface area contributed by atoms with Gasteiger partial charge >= 0.3 is 5.97 Å². The average Bonchev–Trinajstić information content (AvgIpc) is 3.07. The maximum atomic E-state index is 14.2.